The van der Waals surface area contributed by atoms with E-state index in [2.05, 4.69) is 69.3 Å². The number of nitrogens with zero attached hydrogens (tertiary/aromatic N) is 1. The van der Waals surface area contributed by atoms with Gasteiger partial charge in [0.05, 0.1) is 4.75 Å². The zero-order chi connectivity index (χ0) is 16.7. The van der Waals surface area contributed by atoms with E-state index in [4.69, 9.17) is 16.6 Å². The highest BCUT2D eigenvalue weighted by atomic mass is 35.5. The number of thioether (sulfide) groups is 1. The summed E-state index contributed by atoms with van der Waals surface area (Å²) in [5.41, 5.74) is 1.20. The van der Waals surface area contributed by atoms with Crippen molar-refractivity contribution in [3.63, 3.8) is 0 Å². The lowest BCUT2D eigenvalue weighted by molar-refractivity contribution is 0.700. The second-order valence-corrected chi connectivity index (χ2v) is 7.37. The molecule has 0 saturated carbocycles. The third kappa shape index (κ3) is 4.39. The number of rotatable bonds is 7. The fraction of sp³-hybridized carbons (Fsp3) is 0.350. The van der Waals surface area contributed by atoms with E-state index in [0.29, 0.717) is 5.17 Å². The average Bonchev–Trinajstić information content (AvgIpc) is 2.61. The average molecular weight is 346 g/mol. The van der Waals surface area contributed by atoms with Gasteiger partial charge in [-0.3, -0.25) is 4.99 Å². The fourth-order valence-corrected chi connectivity index (χ4v) is 4.18. The molecule has 2 atom stereocenters. The first kappa shape index (κ1) is 18.1. The van der Waals surface area contributed by atoms with Crippen molar-refractivity contribution in [2.24, 2.45) is 4.99 Å². The summed E-state index contributed by atoms with van der Waals surface area (Å²) in [6.07, 6.45) is 1.87. The molecule has 0 spiro atoms. The molecule has 0 aliphatic rings. The first-order valence-corrected chi connectivity index (χ1v) is 9.35. The molecule has 0 bridgehead atoms. The SMILES string of the molecule is CCC(C)N=C(Cl)C(CC)(Sc1ccccc1)c1ccccc1. The number of hydrogen-bond donors (Lipinski definition) is 0. The monoisotopic (exact) mass is 345 g/mol. The van der Waals surface area contributed by atoms with E-state index in [1.165, 1.54) is 10.5 Å². The highest BCUT2D eigenvalue weighted by Crippen LogP contribution is 2.46. The Labute approximate surface area is 149 Å². The maximum atomic E-state index is 6.79. The molecule has 2 unspecified atom stereocenters. The van der Waals surface area contributed by atoms with Gasteiger partial charge in [0.15, 0.2) is 0 Å². The van der Waals surface area contributed by atoms with Gasteiger partial charge in [-0.05, 0) is 37.5 Å². The van der Waals surface area contributed by atoms with Crippen LogP contribution in [-0.4, -0.2) is 11.2 Å². The van der Waals surface area contributed by atoms with Crippen LogP contribution in [0.5, 0.6) is 0 Å². The molecule has 0 aliphatic carbocycles. The first-order valence-electron chi connectivity index (χ1n) is 8.15. The van der Waals surface area contributed by atoms with Gasteiger partial charge in [-0.1, -0.05) is 74.0 Å². The molecule has 0 aromatic heterocycles. The van der Waals surface area contributed by atoms with Gasteiger partial charge in [-0.15, -0.1) is 11.8 Å². The van der Waals surface area contributed by atoms with E-state index >= 15 is 0 Å². The predicted octanol–water partition coefficient (Wildman–Crippen LogP) is 6.52. The summed E-state index contributed by atoms with van der Waals surface area (Å²) in [7, 11) is 0. The van der Waals surface area contributed by atoms with Gasteiger partial charge in [0.25, 0.3) is 0 Å². The lowest BCUT2D eigenvalue weighted by Crippen LogP contribution is -2.29. The Balaban J connectivity index is 2.51. The number of halogens is 1. The highest BCUT2D eigenvalue weighted by molar-refractivity contribution is 8.01. The minimum atomic E-state index is -0.340. The van der Waals surface area contributed by atoms with Crippen molar-refractivity contribution in [3.8, 4) is 0 Å². The van der Waals surface area contributed by atoms with Gasteiger partial charge in [-0.25, -0.2) is 0 Å². The molecule has 2 aromatic carbocycles. The standard InChI is InChI=1S/C20H24ClNS/c1-4-16(3)22-19(21)20(5-2,17-12-8-6-9-13-17)23-18-14-10-7-11-15-18/h6-16H,4-5H2,1-3H3. The predicted molar refractivity (Wildman–Crippen MR) is 104 cm³/mol. The molecule has 122 valence electrons. The smallest absolute Gasteiger partial charge is 0.121 e. The van der Waals surface area contributed by atoms with Crippen molar-refractivity contribution >= 4 is 28.5 Å². The summed E-state index contributed by atoms with van der Waals surface area (Å²) < 4.78 is -0.340. The zero-order valence-corrected chi connectivity index (χ0v) is 15.6. The van der Waals surface area contributed by atoms with E-state index in [0.717, 1.165) is 12.8 Å². The van der Waals surface area contributed by atoms with Crippen molar-refractivity contribution in [1.82, 2.24) is 0 Å². The van der Waals surface area contributed by atoms with Crippen molar-refractivity contribution in [3.05, 3.63) is 66.2 Å². The lowest BCUT2D eigenvalue weighted by atomic mass is 9.96. The molecular formula is C20H24ClNS. The summed E-state index contributed by atoms with van der Waals surface area (Å²) in [6, 6.07) is 21.1. The molecule has 3 heteroatoms. The minimum Gasteiger partial charge on any atom is -0.273 e. The quantitative estimate of drug-likeness (QED) is 0.411. The Morgan fingerprint density at radius 1 is 1.04 bits per heavy atom. The fourth-order valence-electron chi connectivity index (χ4n) is 2.43. The molecular weight excluding hydrogens is 322 g/mol. The molecule has 0 aliphatic heterocycles. The van der Waals surface area contributed by atoms with Crippen molar-refractivity contribution < 1.29 is 0 Å². The Morgan fingerprint density at radius 3 is 2.13 bits per heavy atom. The van der Waals surface area contributed by atoms with Crippen molar-refractivity contribution in [2.75, 3.05) is 0 Å². The summed E-state index contributed by atoms with van der Waals surface area (Å²) >= 11 is 8.58. The number of hydrogen-bond acceptors (Lipinski definition) is 2. The van der Waals surface area contributed by atoms with Gasteiger partial charge in [0.1, 0.15) is 5.17 Å². The second-order valence-electron chi connectivity index (χ2n) is 5.64. The summed E-state index contributed by atoms with van der Waals surface area (Å²) in [5.74, 6) is 0. The van der Waals surface area contributed by atoms with Gasteiger partial charge >= 0.3 is 0 Å². The van der Waals surface area contributed by atoms with Crippen LogP contribution in [0.15, 0.2) is 70.6 Å². The Hall–Kier alpha value is -1.25. The maximum Gasteiger partial charge on any atom is 0.121 e. The molecule has 0 heterocycles. The molecule has 0 amide bonds. The van der Waals surface area contributed by atoms with Crippen LogP contribution in [0.25, 0.3) is 0 Å². The third-order valence-electron chi connectivity index (χ3n) is 4.03. The van der Waals surface area contributed by atoms with E-state index in [9.17, 15) is 0 Å². The highest BCUT2D eigenvalue weighted by Gasteiger charge is 2.37. The summed E-state index contributed by atoms with van der Waals surface area (Å²) in [4.78, 5) is 5.98. The summed E-state index contributed by atoms with van der Waals surface area (Å²) in [5, 5.41) is 0.689. The Kier molecular flexibility index (Phi) is 6.73. The molecule has 0 radical (unpaired) electrons. The topological polar surface area (TPSA) is 12.4 Å². The summed E-state index contributed by atoms with van der Waals surface area (Å²) in [6.45, 7) is 6.43. The van der Waals surface area contributed by atoms with E-state index in [1.807, 2.05) is 12.1 Å². The maximum absolute atomic E-state index is 6.79. The molecule has 1 nitrogen and oxygen atoms in total. The lowest BCUT2D eigenvalue weighted by Gasteiger charge is -2.32. The van der Waals surface area contributed by atoms with Crippen LogP contribution in [0.4, 0.5) is 0 Å². The van der Waals surface area contributed by atoms with Gasteiger partial charge < -0.3 is 0 Å². The normalized spacial score (nSPS) is 15.9. The second kappa shape index (κ2) is 8.56. The largest absolute Gasteiger partial charge is 0.273 e. The molecule has 2 rings (SSSR count). The molecule has 0 fully saturated rings. The van der Waals surface area contributed by atoms with Gasteiger partial charge in [0, 0.05) is 10.9 Å². The van der Waals surface area contributed by atoms with E-state index in [-0.39, 0.29) is 10.8 Å². The Morgan fingerprint density at radius 2 is 1.61 bits per heavy atom. The number of benzene rings is 2. The number of aliphatic imine (C=N–C) groups is 1. The van der Waals surface area contributed by atoms with Crippen LogP contribution in [0.2, 0.25) is 0 Å². The Bertz CT molecular complexity index is 627. The van der Waals surface area contributed by atoms with E-state index < -0.39 is 0 Å². The van der Waals surface area contributed by atoms with Crippen LogP contribution < -0.4 is 0 Å². The third-order valence-corrected chi connectivity index (χ3v) is 6.14. The minimum absolute atomic E-state index is 0.230. The molecule has 2 aromatic rings. The van der Waals surface area contributed by atoms with Crippen molar-refractivity contribution in [2.45, 2.75) is 49.3 Å². The van der Waals surface area contributed by atoms with Crippen LogP contribution in [0.3, 0.4) is 0 Å². The van der Waals surface area contributed by atoms with Crippen LogP contribution in [-0.2, 0) is 4.75 Å². The van der Waals surface area contributed by atoms with Crippen LogP contribution >= 0.6 is 23.4 Å². The zero-order valence-electron chi connectivity index (χ0n) is 14.0. The molecule has 23 heavy (non-hydrogen) atoms. The molecule has 0 N–H and O–H groups in total. The van der Waals surface area contributed by atoms with Crippen LogP contribution in [0.1, 0.15) is 39.2 Å². The van der Waals surface area contributed by atoms with Gasteiger partial charge in [-0.2, -0.15) is 0 Å². The van der Waals surface area contributed by atoms with Crippen LogP contribution in [0, 0.1) is 0 Å². The van der Waals surface area contributed by atoms with Gasteiger partial charge in [0.2, 0.25) is 0 Å². The first-order chi connectivity index (χ1) is 11.1. The van der Waals surface area contributed by atoms with E-state index in [1.54, 1.807) is 11.8 Å². The van der Waals surface area contributed by atoms with Crippen molar-refractivity contribution in [1.29, 1.82) is 0 Å². The molecule has 0 saturated heterocycles.